The number of benzene rings is 1. The van der Waals surface area contributed by atoms with Crippen LogP contribution in [0.5, 0.6) is 0 Å². The standard InChI is InChI=1S/C16H20N2O2/c1-3-18-14-7-5-4-6-13(14)12(2)15(18)16(19)17-8-10-20-11-9-17/h4-7H,3,8-11H2,1-2H3. The highest BCUT2D eigenvalue weighted by atomic mass is 16.5. The van der Waals surface area contributed by atoms with Gasteiger partial charge in [0.15, 0.2) is 0 Å². The van der Waals surface area contributed by atoms with E-state index in [0.29, 0.717) is 26.3 Å². The van der Waals surface area contributed by atoms with Crippen LogP contribution in [0, 0.1) is 6.92 Å². The number of hydrogen-bond acceptors (Lipinski definition) is 2. The van der Waals surface area contributed by atoms with Crippen LogP contribution >= 0.6 is 0 Å². The lowest BCUT2D eigenvalue weighted by molar-refractivity contribution is 0.0296. The fraction of sp³-hybridized carbons (Fsp3) is 0.438. The predicted molar refractivity (Wildman–Crippen MR) is 79.1 cm³/mol. The predicted octanol–water partition coefficient (Wildman–Crippen LogP) is 2.44. The van der Waals surface area contributed by atoms with Crippen molar-refractivity contribution in [2.24, 2.45) is 0 Å². The van der Waals surface area contributed by atoms with Crippen LogP contribution in [0.1, 0.15) is 23.0 Å². The third kappa shape index (κ3) is 2.00. The molecule has 1 aromatic heterocycles. The molecule has 1 aliphatic heterocycles. The largest absolute Gasteiger partial charge is 0.378 e. The first-order chi connectivity index (χ1) is 9.74. The Labute approximate surface area is 118 Å². The van der Waals surface area contributed by atoms with Crippen molar-refractivity contribution in [3.05, 3.63) is 35.5 Å². The second-order valence-corrected chi connectivity index (χ2v) is 5.14. The molecule has 0 saturated carbocycles. The van der Waals surface area contributed by atoms with Gasteiger partial charge in [-0.25, -0.2) is 0 Å². The highest BCUT2D eigenvalue weighted by Crippen LogP contribution is 2.26. The van der Waals surface area contributed by atoms with E-state index in [4.69, 9.17) is 4.74 Å². The summed E-state index contributed by atoms with van der Waals surface area (Å²) >= 11 is 0. The fourth-order valence-corrected chi connectivity index (χ4v) is 3.00. The van der Waals surface area contributed by atoms with Gasteiger partial charge in [0.05, 0.1) is 13.2 Å². The van der Waals surface area contributed by atoms with E-state index in [1.807, 2.05) is 24.0 Å². The number of aryl methyl sites for hydroxylation is 2. The van der Waals surface area contributed by atoms with Gasteiger partial charge in [-0.2, -0.15) is 0 Å². The second-order valence-electron chi connectivity index (χ2n) is 5.14. The number of amides is 1. The molecule has 0 atom stereocenters. The minimum atomic E-state index is 0.129. The van der Waals surface area contributed by atoms with Gasteiger partial charge in [0.25, 0.3) is 5.91 Å². The lowest BCUT2D eigenvalue weighted by atomic mass is 10.1. The number of morpholine rings is 1. The molecule has 4 heteroatoms. The Hall–Kier alpha value is -1.81. The molecule has 2 aromatic rings. The Morgan fingerprint density at radius 1 is 1.25 bits per heavy atom. The van der Waals surface area contributed by atoms with E-state index in [1.54, 1.807) is 0 Å². The van der Waals surface area contributed by atoms with E-state index >= 15 is 0 Å². The quantitative estimate of drug-likeness (QED) is 0.841. The van der Waals surface area contributed by atoms with E-state index < -0.39 is 0 Å². The highest BCUT2D eigenvalue weighted by Gasteiger charge is 2.25. The smallest absolute Gasteiger partial charge is 0.270 e. The summed E-state index contributed by atoms with van der Waals surface area (Å²) in [5.41, 5.74) is 3.05. The topological polar surface area (TPSA) is 34.5 Å². The van der Waals surface area contributed by atoms with Gasteiger partial charge < -0.3 is 14.2 Å². The Morgan fingerprint density at radius 2 is 1.95 bits per heavy atom. The highest BCUT2D eigenvalue weighted by molar-refractivity contribution is 6.01. The molecule has 0 radical (unpaired) electrons. The molecule has 0 unspecified atom stereocenters. The molecular weight excluding hydrogens is 252 g/mol. The number of carbonyl (C=O) groups excluding carboxylic acids is 1. The molecule has 1 aromatic carbocycles. The molecule has 4 nitrogen and oxygen atoms in total. The minimum Gasteiger partial charge on any atom is -0.378 e. The van der Waals surface area contributed by atoms with Gasteiger partial charge in [0.2, 0.25) is 0 Å². The van der Waals surface area contributed by atoms with Crippen LogP contribution in [0.3, 0.4) is 0 Å². The number of aromatic nitrogens is 1. The van der Waals surface area contributed by atoms with Crippen molar-refractivity contribution >= 4 is 16.8 Å². The van der Waals surface area contributed by atoms with Gasteiger partial charge in [0.1, 0.15) is 5.69 Å². The summed E-state index contributed by atoms with van der Waals surface area (Å²) in [5, 5.41) is 1.17. The molecule has 0 N–H and O–H groups in total. The van der Waals surface area contributed by atoms with E-state index in [0.717, 1.165) is 23.3 Å². The second kappa shape index (κ2) is 5.29. The Morgan fingerprint density at radius 3 is 2.65 bits per heavy atom. The number of ether oxygens (including phenoxy) is 1. The first-order valence-electron chi connectivity index (χ1n) is 7.19. The van der Waals surface area contributed by atoms with Crippen molar-refractivity contribution in [1.29, 1.82) is 0 Å². The van der Waals surface area contributed by atoms with Crippen molar-refractivity contribution in [2.75, 3.05) is 26.3 Å². The van der Waals surface area contributed by atoms with Crippen LogP contribution < -0.4 is 0 Å². The maximum atomic E-state index is 12.8. The number of fused-ring (bicyclic) bond motifs is 1. The lowest BCUT2D eigenvalue weighted by Crippen LogP contribution is -2.41. The summed E-state index contributed by atoms with van der Waals surface area (Å²) < 4.78 is 7.46. The van der Waals surface area contributed by atoms with E-state index in [-0.39, 0.29) is 5.91 Å². The molecule has 106 valence electrons. The maximum Gasteiger partial charge on any atom is 0.270 e. The average molecular weight is 272 g/mol. The van der Waals surface area contributed by atoms with Crippen LogP contribution in [0.15, 0.2) is 24.3 Å². The lowest BCUT2D eigenvalue weighted by Gasteiger charge is -2.27. The van der Waals surface area contributed by atoms with Gasteiger partial charge in [-0.15, -0.1) is 0 Å². The van der Waals surface area contributed by atoms with E-state index in [1.165, 1.54) is 5.39 Å². The van der Waals surface area contributed by atoms with Crippen LogP contribution in [0.2, 0.25) is 0 Å². The summed E-state index contributed by atoms with van der Waals surface area (Å²) in [6.07, 6.45) is 0. The average Bonchev–Trinajstić information content (AvgIpc) is 2.80. The molecule has 2 heterocycles. The third-order valence-electron chi connectivity index (χ3n) is 4.04. The summed E-state index contributed by atoms with van der Waals surface area (Å²) in [7, 11) is 0. The van der Waals surface area contributed by atoms with Crippen LogP contribution in [-0.2, 0) is 11.3 Å². The normalized spacial score (nSPS) is 15.8. The van der Waals surface area contributed by atoms with Gasteiger partial charge in [-0.3, -0.25) is 4.79 Å². The monoisotopic (exact) mass is 272 g/mol. The van der Waals surface area contributed by atoms with Crippen LogP contribution in [-0.4, -0.2) is 41.7 Å². The molecule has 1 amide bonds. The number of nitrogens with zero attached hydrogens (tertiary/aromatic N) is 2. The molecule has 0 spiro atoms. The Balaban J connectivity index is 2.10. The number of para-hydroxylation sites is 1. The van der Waals surface area contributed by atoms with Gasteiger partial charge in [-0.1, -0.05) is 18.2 Å². The molecule has 1 aliphatic rings. The van der Waals surface area contributed by atoms with Crippen LogP contribution in [0.25, 0.3) is 10.9 Å². The fourth-order valence-electron chi connectivity index (χ4n) is 3.00. The molecular formula is C16H20N2O2. The molecule has 1 saturated heterocycles. The van der Waals surface area contributed by atoms with Gasteiger partial charge in [-0.05, 0) is 25.5 Å². The third-order valence-corrected chi connectivity index (χ3v) is 4.04. The number of rotatable bonds is 2. The maximum absolute atomic E-state index is 12.8. The van der Waals surface area contributed by atoms with Crippen LogP contribution in [0.4, 0.5) is 0 Å². The summed E-state index contributed by atoms with van der Waals surface area (Å²) in [6.45, 7) is 7.57. The Bertz CT molecular complexity index is 639. The summed E-state index contributed by atoms with van der Waals surface area (Å²) in [6, 6.07) is 8.23. The number of hydrogen-bond donors (Lipinski definition) is 0. The van der Waals surface area contributed by atoms with E-state index in [2.05, 4.69) is 23.6 Å². The summed E-state index contributed by atoms with van der Waals surface area (Å²) in [4.78, 5) is 14.7. The van der Waals surface area contributed by atoms with Crippen molar-refractivity contribution in [1.82, 2.24) is 9.47 Å². The SMILES string of the molecule is CCn1c(C(=O)N2CCOCC2)c(C)c2ccccc21. The molecule has 1 fully saturated rings. The first kappa shape index (κ1) is 13.2. The first-order valence-corrected chi connectivity index (χ1v) is 7.19. The zero-order chi connectivity index (χ0) is 14.1. The zero-order valence-corrected chi connectivity index (χ0v) is 12.1. The molecule has 20 heavy (non-hydrogen) atoms. The zero-order valence-electron chi connectivity index (χ0n) is 12.1. The van der Waals surface area contributed by atoms with Crippen molar-refractivity contribution in [3.8, 4) is 0 Å². The van der Waals surface area contributed by atoms with Crippen molar-refractivity contribution < 1.29 is 9.53 Å². The molecule has 0 aliphatic carbocycles. The van der Waals surface area contributed by atoms with Gasteiger partial charge in [0, 0.05) is 30.5 Å². The molecule has 3 rings (SSSR count). The van der Waals surface area contributed by atoms with Crippen molar-refractivity contribution in [3.63, 3.8) is 0 Å². The Kier molecular flexibility index (Phi) is 3.49. The van der Waals surface area contributed by atoms with Crippen molar-refractivity contribution in [2.45, 2.75) is 20.4 Å². The molecule has 0 bridgehead atoms. The van der Waals surface area contributed by atoms with Gasteiger partial charge >= 0.3 is 0 Å². The number of carbonyl (C=O) groups is 1. The minimum absolute atomic E-state index is 0.129. The van der Waals surface area contributed by atoms with E-state index in [9.17, 15) is 4.79 Å². The summed E-state index contributed by atoms with van der Waals surface area (Å²) in [5.74, 6) is 0.129.